The Morgan fingerprint density at radius 2 is 1.69 bits per heavy atom. The van der Waals surface area contributed by atoms with Crippen LogP contribution in [0.5, 0.6) is 0 Å². The van der Waals surface area contributed by atoms with Crippen LogP contribution in [0.25, 0.3) is 21.3 Å². The summed E-state index contributed by atoms with van der Waals surface area (Å²) in [5.41, 5.74) is 1.95. The Labute approximate surface area is 215 Å². The van der Waals surface area contributed by atoms with E-state index in [4.69, 9.17) is 0 Å². The second-order valence-electron chi connectivity index (χ2n) is 8.84. The number of nitrogens with zero attached hydrogens (tertiary/aromatic N) is 3. The molecule has 2 atom stereocenters. The number of fused-ring (bicyclic) bond motifs is 1. The molecule has 0 fully saturated rings. The van der Waals surface area contributed by atoms with Crippen molar-refractivity contribution in [1.29, 1.82) is 0 Å². The van der Waals surface area contributed by atoms with E-state index in [9.17, 15) is 13.2 Å². The third-order valence-electron chi connectivity index (χ3n) is 6.09. The molecular formula is C26H29N5O3S2. The highest BCUT2D eigenvalue weighted by molar-refractivity contribution is 7.89. The first-order valence-electron chi connectivity index (χ1n) is 11.6. The van der Waals surface area contributed by atoms with Gasteiger partial charge in [-0.05, 0) is 53.1 Å². The lowest BCUT2D eigenvalue weighted by Crippen LogP contribution is -2.47. The number of benzene rings is 3. The largest absolute Gasteiger partial charge is 0.378 e. The zero-order valence-corrected chi connectivity index (χ0v) is 22.2. The van der Waals surface area contributed by atoms with Gasteiger partial charge in [-0.25, -0.2) is 8.42 Å². The fraction of sp³-hybridized carbons (Fsp3) is 0.269. The lowest BCUT2D eigenvalue weighted by molar-refractivity contribution is -0.118. The van der Waals surface area contributed by atoms with Crippen LogP contribution in [-0.2, 0) is 14.8 Å². The van der Waals surface area contributed by atoms with Crippen molar-refractivity contribution in [2.75, 3.05) is 24.3 Å². The third kappa shape index (κ3) is 5.72. The normalized spacial score (nSPS) is 13.3. The van der Waals surface area contributed by atoms with E-state index in [0.29, 0.717) is 16.6 Å². The van der Waals surface area contributed by atoms with Crippen molar-refractivity contribution in [1.82, 2.24) is 14.9 Å². The van der Waals surface area contributed by atoms with Gasteiger partial charge in [0.2, 0.25) is 21.1 Å². The van der Waals surface area contributed by atoms with E-state index in [1.165, 1.54) is 11.3 Å². The number of carbonyl (C=O) groups is 1. The minimum absolute atomic E-state index is 0.113. The lowest BCUT2D eigenvalue weighted by Gasteiger charge is -2.23. The predicted molar refractivity (Wildman–Crippen MR) is 146 cm³/mol. The molecule has 36 heavy (non-hydrogen) atoms. The second-order valence-corrected chi connectivity index (χ2v) is 11.5. The molecular weight excluding hydrogens is 494 g/mol. The van der Waals surface area contributed by atoms with Crippen LogP contribution in [0, 0.1) is 5.92 Å². The summed E-state index contributed by atoms with van der Waals surface area (Å²) in [5, 5.41) is 13.8. The Morgan fingerprint density at radius 1 is 1.00 bits per heavy atom. The SMILES string of the molecule is CCC(C)C(NS(=O)(=O)c1ccc2ccccc2c1)C(=O)Nc1nnc(-c2ccc(N(C)C)cc2)s1. The van der Waals surface area contributed by atoms with E-state index in [0.717, 1.165) is 22.0 Å². The summed E-state index contributed by atoms with van der Waals surface area (Å²) in [7, 11) is -0.00417. The number of anilines is 2. The van der Waals surface area contributed by atoms with Crippen molar-refractivity contribution in [2.24, 2.45) is 5.92 Å². The van der Waals surface area contributed by atoms with Crippen LogP contribution in [0.15, 0.2) is 71.6 Å². The molecule has 8 nitrogen and oxygen atoms in total. The first-order valence-corrected chi connectivity index (χ1v) is 13.9. The van der Waals surface area contributed by atoms with Crippen LogP contribution in [0.2, 0.25) is 0 Å². The molecule has 2 N–H and O–H groups in total. The van der Waals surface area contributed by atoms with Crippen LogP contribution >= 0.6 is 11.3 Å². The number of hydrogen-bond acceptors (Lipinski definition) is 7. The molecule has 0 saturated heterocycles. The molecule has 0 aliphatic heterocycles. The lowest BCUT2D eigenvalue weighted by atomic mass is 9.99. The maximum atomic E-state index is 13.2. The van der Waals surface area contributed by atoms with E-state index in [1.807, 2.05) is 81.4 Å². The van der Waals surface area contributed by atoms with Crippen molar-refractivity contribution in [3.8, 4) is 10.6 Å². The summed E-state index contributed by atoms with van der Waals surface area (Å²) in [5.74, 6) is -0.717. The molecule has 1 amide bonds. The van der Waals surface area contributed by atoms with Crippen molar-refractivity contribution in [3.05, 3.63) is 66.7 Å². The molecule has 3 aromatic carbocycles. The zero-order valence-electron chi connectivity index (χ0n) is 20.6. The zero-order chi connectivity index (χ0) is 25.9. The summed E-state index contributed by atoms with van der Waals surface area (Å²) in [6, 6.07) is 19.3. The molecule has 188 valence electrons. The van der Waals surface area contributed by atoms with Gasteiger partial charge in [-0.1, -0.05) is 61.9 Å². The minimum atomic E-state index is -3.94. The highest BCUT2D eigenvalue weighted by Gasteiger charge is 2.30. The van der Waals surface area contributed by atoms with Crippen LogP contribution < -0.4 is 14.9 Å². The average Bonchev–Trinajstić information content (AvgIpc) is 3.35. The van der Waals surface area contributed by atoms with Crippen LogP contribution in [-0.4, -0.2) is 44.7 Å². The number of amides is 1. The quantitative estimate of drug-likeness (QED) is 0.328. The van der Waals surface area contributed by atoms with Gasteiger partial charge < -0.3 is 4.90 Å². The van der Waals surface area contributed by atoms with E-state index in [2.05, 4.69) is 20.2 Å². The van der Waals surface area contributed by atoms with Gasteiger partial charge in [-0.3, -0.25) is 10.1 Å². The Morgan fingerprint density at radius 3 is 2.36 bits per heavy atom. The third-order valence-corrected chi connectivity index (χ3v) is 8.42. The molecule has 0 aliphatic rings. The number of rotatable bonds is 9. The van der Waals surface area contributed by atoms with Gasteiger partial charge in [0.25, 0.3) is 0 Å². The van der Waals surface area contributed by atoms with Crippen molar-refractivity contribution >= 4 is 48.9 Å². The Bertz CT molecular complexity index is 1470. The van der Waals surface area contributed by atoms with Crippen molar-refractivity contribution in [2.45, 2.75) is 31.2 Å². The summed E-state index contributed by atoms with van der Waals surface area (Å²) in [4.78, 5) is 15.3. The monoisotopic (exact) mass is 523 g/mol. The summed E-state index contributed by atoms with van der Waals surface area (Å²) in [6.45, 7) is 3.75. The number of hydrogen-bond donors (Lipinski definition) is 2. The van der Waals surface area contributed by atoms with Gasteiger partial charge in [0, 0.05) is 25.3 Å². The van der Waals surface area contributed by atoms with E-state index >= 15 is 0 Å². The average molecular weight is 524 g/mol. The number of nitrogens with one attached hydrogen (secondary N) is 2. The molecule has 4 aromatic rings. The van der Waals surface area contributed by atoms with Gasteiger partial charge in [-0.15, -0.1) is 10.2 Å². The molecule has 4 rings (SSSR count). The topological polar surface area (TPSA) is 104 Å². The molecule has 0 saturated carbocycles. The highest BCUT2D eigenvalue weighted by atomic mass is 32.2. The molecule has 0 bridgehead atoms. The fourth-order valence-electron chi connectivity index (χ4n) is 3.71. The number of carbonyl (C=O) groups excluding carboxylic acids is 1. The van der Waals surface area contributed by atoms with Gasteiger partial charge in [0.05, 0.1) is 4.90 Å². The summed E-state index contributed by atoms with van der Waals surface area (Å²) in [6.07, 6.45) is 0.609. The Balaban J connectivity index is 1.52. The molecule has 1 aromatic heterocycles. The molecule has 2 unspecified atom stereocenters. The van der Waals surface area contributed by atoms with Crippen molar-refractivity contribution < 1.29 is 13.2 Å². The standard InChI is InChI=1S/C26H29N5O3S2/c1-5-17(2)23(30-36(33,34)22-15-12-18-8-6-7-9-20(18)16-22)24(32)27-26-29-28-25(35-26)19-10-13-21(14-11-19)31(3)4/h6-17,23,30H,5H2,1-4H3,(H,27,29,32). The minimum Gasteiger partial charge on any atom is -0.378 e. The summed E-state index contributed by atoms with van der Waals surface area (Å²) < 4.78 is 29.0. The molecule has 1 heterocycles. The maximum absolute atomic E-state index is 13.2. The first kappa shape index (κ1) is 25.7. The van der Waals surface area contributed by atoms with E-state index < -0.39 is 22.0 Å². The fourth-order valence-corrected chi connectivity index (χ4v) is 5.80. The Hall–Kier alpha value is -3.34. The number of sulfonamides is 1. The van der Waals surface area contributed by atoms with Crippen LogP contribution in [0.1, 0.15) is 20.3 Å². The van der Waals surface area contributed by atoms with Crippen molar-refractivity contribution in [3.63, 3.8) is 0 Å². The number of aromatic nitrogens is 2. The van der Waals surface area contributed by atoms with Gasteiger partial charge in [0.15, 0.2) is 0 Å². The van der Waals surface area contributed by atoms with E-state index in [-0.39, 0.29) is 10.8 Å². The van der Waals surface area contributed by atoms with E-state index in [1.54, 1.807) is 18.2 Å². The highest BCUT2D eigenvalue weighted by Crippen LogP contribution is 2.28. The Kier molecular flexibility index (Phi) is 7.67. The second kappa shape index (κ2) is 10.7. The van der Waals surface area contributed by atoms with Gasteiger partial charge >= 0.3 is 0 Å². The molecule has 0 aliphatic carbocycles. The van der Waals surface area contributed by atoms with Crippen LogP contribution in [0.4, 0.5) is 10.8 Å². The predicted octanol–water partition coefficient (Wildman–Crippen LogP) is 4.76. The van der Waals surface area contributed by atoms with Crippen LogP contribution in [0.3, 0.4) is 0 Å². The molecule has 0 radical (unpaired) electrons. The smallest absolute Gasteiger partial charge is 0.244 e. The van der Waals surface area contributed by atoms with Gasteiger partial charge in [0.1, 0.15) is 11.0 Å². The van der Waals surface area contributed by atoms with Gasteiger partial charge in [-0.2, -0.15) is 4.72 Å². The molecule has 0 spiro atoms. The first-order chi connectivity index (χ1) is 17.2. The summed E-state index contributed by atoms with van der Waals surface area (Å²) >= 11 is 1.24. The molecule has 10 heteroatoms. The maximum Gasteiger partial charge on any atom is 0.244 e.